The molecule has 6 heteroatoms. The first-order chi connectivity index (χ1) is 7.56. The maximum Gasteiger partial charge on any atom is 0.402 e. The molecule has 0 bridgehead atoms. The van der Waals surface area contributed by atoms with Crippen LogP contribution in [0, 0.1) is 0 Å². The molecule has 0 saturated heterocycles. The fourth-order valence-electron chi connectivity index (χ4n) is 0.952. The lowest BCUT2D eigenvalue weighted by atomic mass is 10.3. The van der Waals surface area contributed by atoms with E-state index in [9.17, 15) is 9.59 Å². The monoisotopic (exact) mass is 261 g/mol. The molecule has 0 fully saturated rings. The van der Waals surface area contributed by atoms with Crippen LogP contribution in [0.15, 0.2) is 18.2 Å². The van der Waals surface area contributed by atoms with E-state index in [4.69, 9.17) is 27.9 Å². The Balaban J connectivity index is 2.81. The minimum Gasteiger partial charge on any atom is -0.416 e. The number of amides is 1. The second kappa shape index (κ2) is 5.72. The molecule has 4 nitrogen and oxygen atoms in total. The normalized spacial score (nSPS) is 9.69. The molecule has 1 aromatic rings. The molecule has 0 aliphatic heterocycles. The summed E-state index contributed by atoms with van der Waals surface area (Å²) in [5, 5.41) is 2.65. The number of hydrogen-bond acceptors (Lipinski definition) is 3. The van der Waals surface area contributed by atoms with Gasteiger partial charge in [-0.05, 0) is 19.1 Å². The Hall–Kier alpha value is -1.26. The smallest absolute Gasteiger partial charge is 0.402 e. The van der Waals surface area contributed by atoms with E-state index in [0.29, 0.717) is 6.54 Å². The van der Waals surface area contributed by atoms with Crippen molar-refractivity contribution in [2.45, 2.75) is 6.92 Å². The fraction of sp³-hybridized carbons (Fsp3) is 0.200. The number of carbonyl (C=O) groups is 2. The summed E-state index contributed by atoms with van der Waals surface area (Å²) in [6, 6.07) is 4.62. The molecule has 0 radical (unpaired) electrons. The SMILES string of the molecule is CCNC(=O)C(=O)Oc1c(Cl)cccc1Cl. The van der Waals surface area contributed by atoms with Crippen molar-refractivity contribution in [1.29, 1.82) is 0 Å². The molecule has 0 aliphatic rings. The van der Waals surface area contributed by atoms with Crippen LogP contribution in [-0.4, -0.2) is 18.4 Å². The fourth-order valence-corrected chi connectivity index (χ4v) is 1.43. The number of rotatable bonds is 2. The van der Waals surface area contributed by atoms with E-state index in [1.54, 1.807) is 13.0 Å². The van der Waals surface area contributed by atoms with E-state index >= 15 is 0 Å². The molecular formula is C10H9Cl2NO3. The van der Waals surface area contributed by atoms with Crippen molar-refractivity contribution in [1.82, 2.24) is 5.32 Å². The molecule has 0 aromatic heterocycles. The van der Waals surface area contributed by atoms with Gasteiger partial charge in [0.2, 0.25) is 0 Å². The van der Waals surface area contributed by atoms with Crippen LogP contribution in [0.3, 0.4) is 0 Å². The summed E-state index contributed by atoms with van der Waals surface area (Å²) in [7, 11) is 0. The minimum absolute atomic E-state index is 0.0120. The maximum absolute atomic E-state index is 11.3. The number of nitrogens with one attached hydrogen (secondary N) is 1. The second-order valence-corrected chi connectivity index (χ2v) is 3.61. The van der Waals surface area contributed by atoms with E-state index in [-0.39, 0.29) is 15.8 Å². The Bertz CT molecular complexity index is 400. The largest absolute Gasteiger partial charge is 0.416 e. The van der Waals surface area contributed by atoms with Gasteiger partial charge in [-0.3, -0.25) is 4.79 Å². The van der Waals surface area contributed by atoms with Gasteiger partial charge in [-0.2, -0.15) is 0 Å². The van der Waals surface area contributed by atoms with E-state index < -0.39 is 11.9 Å². The van der Waals surface area contributed by atoms with E-state index in [2.05, 4.69) is 5.32 Å². The summed E-state index contributed by atoms with van der Waals surface area (Å²) in [5.41, 5.74) is 0. The molecule has 0 aliphatic carbocycles. The lowest BCUT2D eigenvalue weighted by Gasteiger charge is -2.07. The summed E-state index contributed by atoms with van der Waals surface area (Å²) >= 11 is 11.5. The van der Waals surface area contributed by atoms with Crippen molar-refractivity contribution in [2.24, 2.45) is 0 Å². The number of ether oxygens (including phenoxy) is 1. The number of hydrogen-bond donors (Lipinski definition) is 1. The molecule has 1 amide bonds. The minimum atomic E-state index is -1.04. The molecule has 0 saturated carbocycles. The van der Waals surface area contributed by atoms with Crippen LogP contribution in [-0.2, 0) is 9.59 Å². The third-order valence-corrected chi connectivity index (χ3v) is 2.23. The van der Waals surface area contributed by atoms with Crippen LogP contribution >= 0.6 is 23.2 Å². The summed E-state index contributed by atoms with van der Waals surface area (Å²) in [4.78, 5) is 22.4. The first-order valence-corrected chi connectivity index (χ1v) is 5.26. The van der Waals surface area contributed by atoms with Crippen LogP contribution in [0.5, 0.6) is 5.75 Å². The average Bonchev–Trinajstić information content (AvgIpc) is 2.23. The van der Waals surface area contributed by atoms with Gasteiger partial charge >= 0.3 is 11.9 Å². The van der Waals surface area contributed by atoms with Gasteiger partial charge in [-0.25, -0.2) is 4.79 Å². The molecule has 0 atom stereocenters. The Morgan fingerprint density at radius 3 is 2.38 bits per heavy atom. The van der Waals surface area contributed by atoms with Gasteiger partial charge in [-0.1, -0.05) is 29.3 Å². The quantitative estimate of drug-likeness (QED) is 0.504. The van der Waals surface area contributed by atoms with Crippen molar-refractivity contribution in [2.75, 3.05) is 6.54 Å². The zero-order valence-corrected chi connectivity index (χ0v) is 9.93. The molecular weight excluding hydrogens is 253 g/mol. The lowest BCUT2D eigenvalue weighted by Crippen LogP contribution is -2.34. The van der Waals surface area contributed by atoms with Crippen LogP contribution in [0.2, 0.25) is 10.0 Å². The number of halogens is 2. The van der Waals surface area contributed by atoms with Crippen molar-refractivity contribution in [3.05, 3.63) is 28.2 Å². The molecule has 0 spiro atoms. The van der Waals surface area contributed by atoms with Gasteiger partial charge in [0.15, 0.2) is 5.75 Å². The molecule has 0 heterocycles. The zero-order chi connectivity index (χ0) is 12.1. The molecule has 0 unspecified atom stereocenters. The second-order valence-electron chi connectivity index (χ2n) is 2.80. The van der Waals surface area contributed by atoms with Crippen LogP contribution in [0.4, 0.5) is 0 Å². The number of benzene rings is 1. The number of esters is 1. The predicted molar refractivity (Wildman–Crippen MR) is 60.8 cm³/mol. The van der Waals surface area contributed by atoms with Crippen molar-refractivity contribution in [3.63, 3.8) is 0 Å². The maximum atomic E-state index is 11.3. The molecule has 1 N–H and O–H groups in total. The highest BCUT2D eigenvalue weighted by molar-refractivity contribution is 6.38. The highest BCUT2D eigenvalue weighted by atomic mass is 35.5. The zero-order valence-electron chi connectivity index (χ0n) is 8.42. The predicted octanol–water partition coefficient (Wildman–Crippen LogP) is 2.03. The van der Waals surface area contributed by atoms with Crippen LogP contribution in [0.25, 0.3) is 0 Å². The Kier molecular flexibility index (Phi) is 4.58. The highest BCUT2D eigenvalue weighted by Gasteiger charge is 2.18. The van der Waals surface area contributed by atoms with Gasteiger partial charge in [-0.15, -0.1) is 0 Å². The van der Waals surface area contributed by atoms with Gasteiger partial charge < -0.3 is 10.1 Å². The average molecular weight is 262 g/mol. The molecule has 16 heavy (non-hydrogen) atoms. The van der Waals surface area contributed by atoms with Gasteiger partial charge in [0, 0.05) is 6.54 Å². The van der Waals surface area contributed by atoms with Gasteiger partial charge in [0.1, 0.15) is 0 Å². The number of para-hydroxylation sites is 1. The molecule has 1 rings (SSSR count). The van der Waals surface area contributed by atoms with Gasteiger partial charge in [0.05, 0.1) is 10.0 Å². The lowest BCUT2D eigenvalue weighted by molar-refractivity contribution is -0.148. The summed E-state index contributed by atoms with van der Waals surface area (Å²) < 4.78 is 4.78. The Labute approximate surface area is 102 Å². The highest BCUT2D eigenvalue weighted by Crippen LogP contribution is 2.32. The van der Waals surface area contributed by atoms with Gasteiger partial charge in [0.25, 0.3) is 0 Å². The van der Waals surface area contributed by atoms with Crippen molar-refractivity contribution in [3.8, 4) is 5.75 Å². The summed E-state index contributed by atoms with van der Waals surface area (Å²) in [6.07, 6.45) is 0. The topological polar surface area (TPSA) is 55.4 Å². The number of likely N-dealkylation sites (N-methyl/N-ethyl adjacent to an activating group) is 1. The van der Waals surface area contributed by atoms with Crippen LogP contribution in [0.1, 0.15) is 6.92 Å². The standard InChI is InChI=1S/C10H9Cl2NO3/c1-2-13-9(14)10(15)16-8-6(11)4-3-5-7(8)12/h3-5H,2H2,1H3,(H,13,14). The summed E-state index contributed by atoms with van der Waals surface area (Å²) in [5.74, 6) is -1.89. The third-order valence-electron chi connectivity index (χ3n) is 1.64. The van der Waals surface area contributed by atoms with E-state index in [1.165, 1.54) is 12.1 Å². The Morgan fingerprint density at radius 1 is 1.31 bits per heavy atom. The van der Waals surface area contributed by atoms with Crippen molar-refractivity contribution >= 4 is 35.1 Å². The van der Waals surface area contributed by atoms with Crippen molar-refractivity contribution < 1.29 is 14.3 Å². The molecule has 86 valence electrons. The molecule has 1 aromatic carbocycles. The first-order valence-electron chi connectivity index (χ1n) is 4.50. The van der Waals surface area contributed by atoms with Crippen LogP contribution < -0.4 is 10.1 Å². The first kappa shape index (κ1) is 12.8. The van der Waals surface area contributed by atoms with E-state index in [0.717, 1.165) is 0 Å². The van der Waals surface area contributed by atoms with E-state index in [1.807, 2.05) is 0 Å². The third kappa shape index (κ3) is 3.12. The Morgan fingerprint density at radius 2 is 1.88 bits per heavy atom. The number of carbonyl (C=O) groups excluding carboxylic acids is 2. The summed E-state index contributed by atoms with van der Waals surface area (Å²) in [6.45, 7) is 2.03.